The van der Waals surface area contributed by atoms with Crippen molar-refractivity contribution in [3.8, 4) is 0 Å². The van der Waals surface area contributed by atoms with E-state index in [1.54, 1.807) is 25.7 Å². The number of alkyl carbamates (subject to hydrolysis) is 1. The molecule has 4 rings (SSSR count). The molecule has 1 spiro atoms. The fourth-order valence-electron chi connectivity index (χ4n) is 4.70. The van der Waals surface area contributed by atoms with Gasteiger partial charge in [0.05, 0.1) is 0 Å². The summed E-state index contributed by atoms with van der Waals surface area (Å²) in [4.78, 5) is 44.8. The highest BCUT2D eigenvalue weighted by molar-refractivity contribution is 6.05. The van der Waals surface area contributed by atoms with Gasteiger partial charge in [0.15, 0.2) is 5.54 Å². The maximum Gasteiger partial charge on any atom is 0.408 e. The van der Waals surface area contributed by atoms with Crippen molar-refractivity contribution in [3.05, 3.63) is 12.2 Å². The van der Waals surface area contributed by atoms with E-state index in [2.05, 4.69) is 22.5 Å². The van der Waals surface area contributed by atoms with Gasteiger partial charge in [-0.1, -0.05) is 25.0 Å². The summed E-state index contributed by atoms with van der Waals surface area (Å²) in [6.45, 7) is 5.94. The van der Waals surface area contributed by atoms with Crippen LogP contribution in [-0.4, -0.2) is 58.5 Å². The zero-order chi connectivity index (χ0) is 22.2. The standard InChI is InChI=1S/C23H33N3O5/c1-22(2,3)31-21(29)24-16-11-8-6-4-5-7-10-15-14-23(15)20(28)30-18(25-23)17-12-9-13-26(17)19(16)27/h7,10,15-17H,4-6,8-9,11-14H2,1-3H3,(H,24,29). The number of amides is 2. The average Bonchev–Trinajstić information content (AvgIpc) is 3.01. The number of allylic oxidation sites excluding steroid dienone is 1. The van der Waals surface area contributed by atoms with E-state index in [1.165, 1.54) is 0 Å². The number of carbonyl (C=O) groups excluding carboxylic acids is 3. The van der Waals surface area contributed by atoms with Crippen LogP contribution in [0.25, 0.3) is 0 Å². The van der Waals surface area contributed by atoms with Gasteiger partial charge >= 0.3 is 12.1 Å². The van der Waals surface area contributed by atoms with E-state index in [4.69, 9.17) is 9.47 Å². The third kappa shape index (κ3) is 4.62. The van der Waals surface area contributed by atoms with E-state index in [-0.39, 0.29) is 23.8 Å². The predicted molar refractivity (Wildman–Crippen MR) is 114 cm³/mol. The first-order chi connectivity index (χ1) is 14.7. The molecule has 170 valence electrons. The minimum absolute atomic E-state index is 0.0924. The Labute approximate surface area is 183 Å². The van der Waals surface area contributed by atoms with Crippen molar-refractivity contribution in [2.45, 2.75) is 95.4 Å². The smallest absolute Gasteiger partial charge is 0.408 e. The van der Waals surface area contributed by atoms with E-state index >= 15 is 0 Å². The van der Waals surface area contributed by atoms with Crippen molar-refractivity contribution in [2.24, 2.45) is 10.9 Å². The zero-order valence-corrected chi connectivity index (χ0v) is 18.7. The molecular weight excluding hydrogens is 398 g/mol. The Bertz CT molecular complexity index is 815. The highest BCUT2D eigenvalue weighted by Crippen LogP contribution is 2.52. The van der Waals surface area contributed by atoms with Crippen LogP contribution in [-0.2, 0) is 19.1 Å². The summed E-state index contributed by atoms with van der Waals surface area (Å²) in [6, 6.07) is -1.02. The molecule has 4 unspecified atom stereocenters. The number of esters is 1. The molecule has 1 N–H and O–H groups in total. The van der Waals surface area contributed by atoms with Crippen molar-refractivity contribution >= 4 is 23.9 Å². The van der Waals surface area contributed by atoms with Gasteiger partial charge in [-0.05, 0) is 59.3 Å². The molecule has 8 nitrogen and oxygen atoms in total. The first kappa shape index (κ1) is 21.8. The van der Waals surface area contributed by atoms with Gasteiger partial charge in [-0.3, -0.25) is 4.79 Å². The van der Waals surface area contributed by atoms with Crippen LogP contribution in [0.2, 0.25) is 0 Å². The Morgan fingerprint density at radius 2 is 2.03 bits per heavy atom. The SMILES string of the molecule is CC(C)(C)OC(=O)NC1CCCCCC=CC2CC23N=C(OC3=O)C2CCCN2C1=O. The van der Waals surface area contributed by atoms with Crippen molar-refractivity contribution in [1.29, 1.82) is 0 Å². The number of nitrogens with zero attached hydrogens (tertiary/aromatic N) is 2. The average molecular weight is 432 g/mol. The molecule has 2 amide bonds. The summed E-state index contributed by atoms with van der Waals surface area (Å²) < 4.78 is 11.0. The van der Waals surface area contributed by atoms with Crippen LogP contribution in [0.15, 0.2) is 17.1 Å². The zero-order valence-electron chi connectivity index (χ0n) is 18.7. The lowest BCUT2D eigenvalue weighted by atomic mass is 10.0. The second-order valence-electron chi connectivity index (χ2n) is 10.0. The normalized spacial score (nSPS) is 33.5. The summed E-state index contributed by atoms with van der Waals surface area (Å²) in [6.07, 6.45) is 10.1. The summed E-state index contributed by atoms with van der Waals surface area (Å²) in [5.41, 5.74) is -1.42. The van der Waals surface area contributed by atoms with Crippen LogP contribution < -0.4 is 5.32 Å². The van der Waals surface area contributed by atoms with Crippen LogP contribution >= 0.6 is 0 Å². The Morgan fingerprint density at radius 3 is 2.81 bits per heavy atom. The number of hydrogen-bond acceptors (Lipinski definition) is 6. The molecule has 0 aromatic rings. The molecule has 2 bridgehead atoms. The number of nitrogens with one attached hydrogen (secondary N) is 1. The van der Waals surface area contributed by atoms with Crippen LogP contribution in [0.3, 0.4) is 0 Å². The highest BCUT2D eigenvalue weighted by Gasteiger charge is 2.65. The first-order valence-electron chi connectivity index (χ1n) is 11.5. The van der Waals surface area contributed by atoms with Gasteiger partial charge in [-0.15, -0.1) is 0 Å². The molecule has 2 fully saturated rings. The maximum absolute atomic E-state index is 13.5. The molecule has 8 heteroatoms. The van der Waals surface area contributed by atoms with Gasteiger partial charge in [-0.2, -0.15) is 0 Å². The highest BCUT2D eigenvalue weighted by atomic mass is 16.6. The first-order valence-corrected chi connectivity index (χ1v) is 11.5. The molecule has 1 aliphatic carbocycles. The van der Waals surface area contributed by atoms with E-state index in [0.717, 1.165) is 32.1 Å². The lowest BCUT2D eigenvalue weighted by Crippen LogP contribution is -2.52. The van der Waals surface area contributed by atoms with Gasteiger partial charge in [-0.25, -0.2) is 14.6 Å². The van der Waals surface area contributed by atoms with E-state index < -0.39 is 23.3 Å². The second kappa shape index (κ2) is 8.28. The van der Waals surface area contributed by atoms with Gasteiger partial charge in [0, 0.05) is 12.5 Å². The number of rotatable bonds is 1. The Morgan fingerprint density at radius 1 is 1.23 bits per heavy atom. The van der Waals surface area contributed by atoms with Crippen molar-refractivity contribution in [1.82, 2.24) is 10.2 Å². The number of hydrogen-bond donors (Lipinski definition) is 1. The molecule has 0 radical (unpaired) electrons. The Balaban J connectivity index is 1.55. The molecule has 31 heavy (non-hydrogen) atoms. The molecule has 3 aliphatic heterocycles. The van der Waals surface area contributed by atoms with E-state index in [0.29, 0.717) is 31.7 Å². The van der Waals surface area contributed by atoms with Crippen molar-refractivity contribution in [3.63, 3.8) is 0 Å². The molecule has 4 atom stereocenters. The molecule has 3 heterocycles. The number of aliphatic imine (C=N–C) groups is 1. The Kier molecular flexibility index (Phi) is 5.83. The number of fused-ring (bicyclic) bond motifs is 2. The second-order valence-corrected chi connectivity index (χ2v) is 10.0. The van der Waals surface area contributed by atoms with Crippen LogP contribution in [0, 0.1) is 5.92 Å². The summed E-state index contributed by atoms with van der Waals surface area (Å²) in [5.74, 6) is -0.00668. The van der Waals surface area contributed by atoms with Gasteiger partial charge < -0.3 is 19.7 Å². The maximum atomic E-state index is 13.5. The van der Waals surface area contributed by atoms with Gasteiger partial charge in [0.2, 0.25) is 11.8 Å². The summed E-state index contributed by atoms with van der Waals surface area (Å²) in [5, 5.41) is 2.78. The fraction of sp³-hybridized carbons (Fsp3) is 0.739. The summed E-state index contributed by atoms with van der Waals surface area (Å²) in [7, 11) is 0. The monoisotopic (exact) mass is 431 g/mol. The van der Waals surface area contributed by atoms with Crippen molar-refractivity contribution in [2.75, 3.05) is 6.54 Å². The largest absolute Gasteiger partial charge is 0.444 e. The lowest BCUT2D eigenvalue weighted by molar-refractivity contribution is -0.138. The third-order valence-electron chi connectivity index (χ3n) is 6.39. The Hall–Kier alpha value is -2.38. The van der Waals surface area contributed by atoms with Gasteiger partial charge in [0.25, 0.3) is 0 Å². The number of ether oxygens (including phenoxy) is 2. The third-order valence-corrected chi connectivity index (χ3v) is 6.39. The van der Waals surface area contributed by atoms with Crippen molar-refractivity contribution < 1.29 is 23.9 Å². The minimum Gasteiger partial charge on any atom is -0.444 e. The topological polar surface area (TPSA) is 97.3 Å². The molecule has 0 aromatic carbocycles. The molecule has 0 aromatic heterocycles. The van der Waals surface area contributed by atoms with Gasteiger partial charge in [0.1, 0.15) is 17.7 Å². The van der Waals surface area contributed by atoms with E-state index in [1.807, 2.05) is 0 Å². The quantitative estimate of drug-likeness (QED) is 0.508. The van der Waals surface area contributed by atoms with Crippen LogP contribution in [0.1, 0.15) is 72.1 Å². The van der Waals surface area contributed by atoms with Crippen LogP contribution in [0.4, 0.5) is 4.79 Å². The minimum atomic E-state index is -0.780. The van der Waals surface area contributed by atoms with Crippen LogP contribution in [0.5, 0.6) is 0 Å². The molecule has 1 saturated heterocycles. The molecular formula is C23H33N3O5. The predicted octanol–water partition coefficient (Wildman–Crippen LogP) is 3.11. The summed E-state index contributed by atoms with van der Waals surface area (Å²) >= 11 is 0. The number of carbonyl (C=O) groups is 3. The molecule has 4 aliphatic rings. The molecule has 1 saturated carbocycles. The lowest BCUT2D eigenvalue weighted by Gasteiger charge is -2.29. The fourth-order valence-corrected chi connectivity index (χ4v) is 4.70. The van der Waals surface area contributed by atoms with E-state index in [9.17, 15) is 14.4 Å².